The summed E-state index contributed by atoms with van der Waals surface area (Å²) >= 11 is 0. The van der Waals surface area contributed by atoms with Crippen molar-refractivity contribution >= 4 is 0 Å². The van der Waals surface area contributed by atoms with Crippen LogP contribution in [-0.4, -0.2) is 16.7 Å². The molecule has 4 nitrogen and oxygen atoms in total. The largest absolute Gasteiger partial charge is 0.425 e. The fourth-order valence-electron chi connectivity index (χ4n) is 2.34. The second kappa shape index (κ2) is 4.75. The van der Waals surface area contributed by atoms with Crippen molar-refractivity contribution in [1.82, 2.24) is 10.2 Å². The first kappa shape index (κ1) is 10.6. The van der Waals surface area contributed by atoms with Crippen LogP contribution in [0.4, 0.5) is 0 Å². The normalized spacial score (nSPS) is 27.6. The molecule has 1 aliphatic rings. The van der Waals surface area contributed by atoms with Crippen LogP contribution in [-0.2, 0) is 0 Å². The molecule has 0 amide bonds. The molecule has 1 aromatic rings. The molecular formula is C11H19N3O. The van der Waals surface area contributed by atoms with E-state index in [0.717, 1.165) is 25.3 Å². The van der Waals surface area contributed by atoms with Crippen molar-refractivity contribution in [3.05, 3.63) is 11.8 Å². The van der Waals surface area contributed by atoms with Gasteiger partial charge in [0.25, 0.3) is 0 Å². The smallest absolute Gasteiger partial charge is 0.219 e. The molecule has 1 heterocycles. The lowest BCUT2D eigenvalue weighted by Gasteiger charge is -2.10. The number of rotatable bonds is 2. The topological polar surface area (TPSA) is 64.9 Å². The summed E-state index contributed by atoms with van der Waals surface area (Å²) < 4.78 is 5.49. The van der Waals surface area contributed by atoms with E-state index in [-0.39, 0.29) is 0 Å². The second-order valence-electron chi connectivity index (χ2n) is 4.47. The predicted octanol–water partition coefficient (Wildman–Crippen LogP) is 2.00. The summed E-state index contributed by atoms with van der Waals surface area (Å²) in [5.74, 6) is 2.65. The molecule has 1 aliphatic carbocycles. The second-order valence-corrected chi connectivity index (χ2v) is 4.47. The lowest BCUT2D eigenvalue weighted by Crippen LogP contribution is -2.13. The van der Waals surface area contributed by atoms with E-state index in [1.807, 2.05) is 6.92 Å². The molecule has 0 radical (unpaired) electrons. The third kappa shape index (κ3) is 2.56. The SMILES string of the molecule is Cc1nnc(C2CCCC(CN)CC2)o1. The van der Waals surface area contributed by atoms with Crippen LogP contribution < -0.4 is 5.73 Å². The van der Waals surface area contributed by atoms with E-state index in [9.17, 15) is 0 Å². The van der Waals surface area contributed by atoms with Gasteiger partial charge in [-0.3, -0.25) is 0 Å². The van der Waals surface area contributed by atoms with Crippen LogP contribution in [0.25, 0.3) is 0 Å². The highest BCUT2D eigenvalue weighted by Gasteiger charge is 2.22. The minimum atomic E-state index is 0.461. The monoisotopic (exact) mass is 209 g/mol. The van der Waals surface area contributed by atoms with E-state index in [1.54, 1.807) is 0 Å². The summed E-state index contributed by atoms with van der Waals surface area (Å²) in [6.45, 7) is 2.66. The minimum Gasteiger partial charge on any atom is -0.425 e. The summed E-state index contributed by atoms with van der Waals surface area (Å²) in [6, 6.07) is 0. The Morgan fingerprint density at radius 2 is 2.13 bits per heavy atom. The molecule has 1 aromatic heterocycles. The number of nitrogens with zero attached hydrogens (tertiary/aromatic N) is 2. The molecule has 0 saturated heterocycles. The first-order valence-electron chi connectivity index (χ1n) is 5.79. The van der Waals surface area contributed by atoms with Crippen LogP contribution in [0, 0.1) is 12.8 Å². The zero-order valence-electron chi connectivity index (χ0n) is 9.28. The predicted molar refractivity (Wildman–Crippen MR) is 57.4 cm³/mol. The Hall–Kier alpha value is -0.900. The zero-order chi connectivity index (χ0) is 10.7. The van der Waals surface area contributed by atoms with Gasteiger partial charge in [-0.15, -0.1) is 10.2 Å². The molecule has 84 valence electrons. The standard InChI is InChI=1S/C11H19N3O/c1-8-13-14-11(15-8)10-4-2-3-9(7-12)5-6-10/h9-10H,2-7,12H2,1H3. The van der Waals surface area contributed by atoms with Gasteiger partial charge in [0.2, 0.25) is 11.8 Å². The number of aryl methyl sites for hydroxylation is 1. The molecule has 1 saturated carbocycles. The summed E-state index contributed by atoms with van der Waals surface area (Å²) in [4.78, 5) is 0. The third-order valence-electron chi connectivity index (χ3n) is 3.31. The fraction of sp³-hybridized carbons (Fsp3) is 0.818. The Bertz CT molecular complexity index is 311. The lowest BCUT2D eigenvalue weighted by molar-refractivity contribution is 0.399. The summed E-state index contributed by atoms with van der Waals surface area (Å²) in [5, 5.41) is 8.00. The molecule has 2 unspecified atom stereocenters. The number of nitrogens with two attached hydrogens (primary N) is 1. The zero-order valence-corrected chi connectivity index (χ0v) is 9.28. The van der Waals surface area contributed by atoms with Gasteiger partial charge in [0.1, 0.15) is 0 Å². The molecule has 2 N–H and O–H groups in total. The van der Waals surface area contributed by atoms with Crippen LogP contribution in [0.2, 0.25) is 0 Å². The molecule has 2 rings (SSSR count). The minimum absolute atomic E-state index is 0.461. The van der Waals surface area contributed by atoms with Gasteiger partial charge in [-0.25, -0.2) is 0 Å². The highest BCUT2D eigenvalue weighted by Crippen LogP contribution is 2.32. The summed E-state index contributed by atoms with van der Waals surface area (Å²) in [5.41, 5.74) is 5.71. The number of hydrogen-bond donors (Lipinski definition) is 1. The van der Waals surface area contributed by atoms with Crippen LogP contribution in [0.3, 0.4) is 0 Å². The maximum atomic E-state index is 5.71. The van der Waals surface area contributed by atoms with E-state index in [4.69, 9.17) is 10.2 Å². The number of aromatic nitrogens is 2. The fourth-order valence-corrected chi connectivity index (χ4v) is 2.34. The molecule has 0 bridgehead atoms. The molecule has 1 fully saturated rings. The van der Waals surface area contributed by atoms with Crippen LogP contribution in [0.15, 0.2) is 4.42 Å². The van der Waals surface area contributed by atoms with E-state index in [1.165, 1.54) is 19.3 Å². The van der Waals surface area contributed by atoms with Gasteiger partial charge in [-0.1, -0.05) is 6.42 Å². The summed E-state index contributed by atoms with van der Waals surface area (Å²) in [7, 11) is 0. The first-order valence-corrected chi connectivity index (χ1v) is 5.79. The Balaban J connectivity index is 1.99. The van der Waals surface area contributed by atoms with E-state index in [0.29, 0.717) is 17.7 Å². The summed E-state index contributed by atoms with van der Waals surface area (Å²) in [6.07, 6.45) is 5.98. The van der Waals surface area contributed by atoms with Crippen LogP contribution >= 0.6 is 0 Å². The molecule has 0 aliphatic heterocycles. The maximum Gasteiger partial charge on any atom is 0.219 e. The molecule has 0 spiro atoms. The van der Waals surface area contributed by atoms with Crippen molar-refractivity contribution in [3.8, 4) is 0 Å². The Kier molecular flexibility index (Phi) is 3.36. The Labute approximate surface area is 90.3 Å². The Morgan fingerprint density at radius 3 is 2.80 bits per heavy atom. The van der Waals surface area contributed by atoms with Crippen molar-refractivity contribution in [3.63, 3.8) is 0 Å². The third-order valence-corrected chi connectivity index (χ3v) is 3.31. The van der Waals surface area contributed by atoms with Crippen molar-refractivity contribution in [1.29, 1.82) is 0 Å². The van der Waals surface area contributed by atoms with Gasteiger partial charge in [0.15, 0.2) is 0 Å². The van der Waals surface area contributed by atoms with Gasteiger partial charge in [-0.2, -0.15) is 0 Å². The molecule has 0 aromatic carbocycles. The maximum absolute atomic E-state index is 5.71. The van der Waals surface area contributed by atoms with E-state index in [2.05, 4.69) is 10.2 Å². The number of hydrogen-bond acceptors (Lipinski definition) is 4. The first-order chi connectivity index (χ1) is 7.29. The Morgan fingerprint density at radius 1 is 1.27 bits per heavy atom. The lowest BCUT2D eigenvalue weighted by atomic mass is 9.98. The van der Waals surface area contributed by atoms with Gasteiger partial charge in [0, 0.05) is 12.8 Å². The molecular weight excluding hydrogens is 190 g/mol. The highest BCUT2D eigenvalue weighted by molar-refractivity contribution is 4.92. The molecule has 4 heteroatoms. The van der Waals surface area contributed by atoms with Crippen molar-refractivity contribution < 1.29 is 4.42 Å². The highest BCUT2D eigenvalue weighted by atomic mass is 16.4. The van der Waals surface area contributed by atoms with Gasteiger partial charge in [0.05, 0.1) is 0 Å². The van der Waals surface area contributed by atoms with Crippen LogP contribution in [0.1, 0.15) is 49.8 Å². The average molecular weight is 209 g/mol. The van der Waals surface area contributed by atoms with E-state index < -0.39 is 0 Å². The van der Waals surface area contributed by atoms with Crippen molar-refractivity contribution in [2.45, 2.75) is 44.9 Å². The molecule has 15 heavy (non-hydrogen) atoms. The van der Waals surface area contributed by atoms with Crippen molar-refractivity contribution in [2.24, 2.45) is 11.7 Å². The van der Waals surface area contributed by atoms with Gasteiger partial charge >= 0.3 is 0 Å². The van der Waals surface area contributed by atoms with E-state index >= 15 is 0 Å². The average Bonchev–Trinajstić information content (AvgIpc) is 2.54. The molecule has 2 atom stereocenters. The van der Waals surface area contributed by atoms with Gasteiger partial charge < -0.3 is 10.2 Å². The van der Waals surface area contributed by atoms with Crippen LogP contribution in [0.5, 0.6) is 0 Å². The quantitative estimate of drug-likeness (QED) is 0.756. The van der Waals surface area contributed by atoms with Gasteiger partial charge in [-0.05, 0) is 38.1 Å². The van der Waals surface area contributed by atoms with Crippen molar-refractivity contribution in [2.75, 3.05) is 6.54 Å².